The van der Waals surface area contributed by atoms with E-state index in [0.29, 0.717) is 31.6 Å². The molecule has 158 valence electrons. The molecule has 1 saturated heterocycles. The minimum atomic E-state index is -0.568. The van der Waals surface area contributed by atoms with Crippen LogP contribution in [0.25, 0.3) is 11.3 Å². The summed E-state index contributed by atoms with van der Waals surface area (Å²) in [5, 5.41) is 13.9. The number of carbonyl (C=O) groups excluding carboxylic acids is 1. The van der Waals surface area contributed by atoms with Crippen LogP contribution in [0.15, 0.2) is 60.9 Å². The van der Waals surface area contributed by atoms with E-state index in [1.165, 1.54) is 12.1 Å². The second-order valence-electron chi connectivity index (χ2n) is 7.30. The smallest absolute Gasteiger partial charge is 0.289 e. The standard InChI is InChI=1S/C22H20ClN5O3/c23-18-7-6-17(12-20(18)28(30)31)26-22(29)16-8-10-27(11-9-16)21-13-19(24-14-25-21)15-4-2-1-3-5-15/h1-7,12-14,16H,8-11H2,(H,26,29). The monoisotopic (exact) mass is 437 g/mol. The number of anilines is 2. The first kappa shape index (κ1) is 20.7. The number of piperidine rings is 1. The van der Waals surface area contributed by atoms with Crippen LogP contribution in [-0.2, 0) is 4.79 Å². The van der Waals surface area contributed by atoms with Crippen molar-refractivity contribution in [2.75, 3.05) is 23.3 Å². The maximum Gasteiger partial charge on any atom is 0.289 e. The number of hydrogen-bond acceptors (Lipinski definition) is 6. The van der Waals surface area contributed by atoms with Gasteiger partial charge >= 0.3 is 0 Å². The molecule has 4 rings (SSSR count). The van der Waals surface area contributed by atoms with Gasteiger partial charge in [0.2, 0.25) is 5.91 Å². The number of amides is 1. The Bertz CT molecular complexity index is 1100. The number of nitrogens with zero attached hydrogens (tertiary/aromatic N) is 4. The highest BCUT2D eigenvalue weighted by atomic mass is 35.5. The molecular weight excluding hydrogens is 418 g/mol. The molecule has 9 heteroatoms. The predicted octanol–water partition coefficient (Wildman–Crippen LogP) is 4.56. The van der Waals surface area contributed by atoms with Crippen molar-refractivity contribution >= 4 is 34.7 Å². The summed E-state index contributed by atoms with van der Waals surface area (Å²) in [4.78, 5) is 34.0. The van der Waals surface area contributed by atoms with Gasteiger partial charge in [0.1, 0.15) is 17.2 Å². The van der Waals surface area contributed by atoms with E-state index in [1.807, 2.05) is 36.4 Å². The number of aromatic nitrogens is 2. The van der Waals surface area contributed by atoms with Crippen LogP contribution in [-0.4, -0.2) is 33.9 Å². The van der Waals surface area contributed by atoms with E-state index in [-0.39, 0.29) is 22.5 Å². The van der Waals surface area contributed by atoms with Crippen molar-refractivity contribution in [1.29, 1.82) is 0 Å². The summed E-state index contributed by atoms with van der Waals surface area (Å²) in [6.07, 6.45) is 2.88. The number of nitro benzene ring substituents is 1. The molecule has 0 unspecified atom stereocenters. The lowest BCUT2D eigenvalue weighted by Crippen LogP contribution is -2.38. The number of nitrogens with one attached hydrogen (secondary N) is 1. The molecule has 0 spiro atoms. The second-order valence-corrected chi connectivity index (χ2v) is 7.71. The zero-order valence-corrected chi connectivity index (χ0v) is 17.3. The van der Waals surface area contributed by atoms with Crippen LogP contribution in [0.2, 0.25) is 5.02 Å². The largest absolute Gasteiger partial charge is 0.356 e. The zero-order valence-electron chi connectivity index (χ0n) is 16.6. The molecule has 2 heterocycles. The summed E-state index contributed by atoms with van der Waals surface area (Å²) >= 11 is 5.83. The first-order valence-electron chi connectivity index (χ1n) is 9.88. The molecule has 1 amide bonds. The highest BCUT2D eigenvalue weighted by Crippen LogP contribution is 2.29. The van der Waals surface area contributed by atoms with E-state index >= 15 is 0 Å². The van der Waals surface area contributed by atoms with Gasteiger partial charge in [-0.05, 0) is 25.0 Å². The Kier molecular flexibility index (Phi) is 6.08. The van der Waals surface area contributed by atoms with Gasteiger partial charge in [0.15, 0.2) is 0 Å². The lowest BCUT2D eigenvalue weighted by Gasteiger charge is -2.32. The number of rotatable bonds is 5. The van der Waals surface area contributed by atoms with E-state index < -0.39 is 4.92 Å². The molecule has 0 atom stereocenters. The predicted molar refractivity (Wildman–Crippen MR) is 119 cm³/mol. The number of carbonyl (C=O) groups is 1. The normalized spacial score (nSPS) is 14.3. The fourth-order valence-electron chi connectivity index (χ4n) is 3.63. The summed E-state index contributed by atoms with van der Waals surface area (Å²) in [5.74, 6) is 0.506. The Morgan fingerprint density at radius 2 is 1.84 bits per heavy atom. The van der Waals surface area contributed by atoms with E-state index in [1.54, 1.807) is 12.4 Å². The Morgan fingerprint density at radius 1 is 1.10 bits per heavy atom. The van der Waals surface area contributed by atoms with Gasteiger partial charge in [-0.25, -0.2) is 9.97 Å². The van der Waals surface area contributed by atoms with Crippen LogP contribution >= 0.6 is 11.6 Å². The summed E-state index contributed by atoms with van der Waals surface area (Å²) in [5.41, 5.74) is 2.02. The molecule has 1 aliphatic heterocycles. The lowest BCUT2D eigenvalue weighted by atomic mass is 9.95. The zero-order chi connectivity index (χ0) is 21.8. The quantitative estimate of drug-likeness (QED) is 0.463. The number of halogens is 1. The minimum Gasteiger partial charge on any atom is -0.356 e. The third-order valence-electron chi connectivity index (χ3n) is 5.32. The van der Waals surface area contributed by atoms with Crippen molar-refractivity contribution in [3.63, 3.8) is 0 Å². The van der Waals surface area contributed by atoms with Crippen molar-refractivity contribution in [3.05, 3.63) is 76.1 Å². The number of nitro groups is 1. The van der Waals surface area contributed by atoms with E-state index in [9.17, 15) is 14.9 Å². The van der Waals surface area contributed by atoms with Gasteiger partial charge in [-0.2, -0.15) is 0 Å². The van der Waals surface area contributed by atoms with Gasteiger partial charge in [-0.15, -0.1) is 0 Å². The Labute approximate surface area is 184 Å². The Balaban J connectivity index is 1.38. The SMILES string of the molecule is O=C(Nc1ccc(Cl)c([N+](=O)[O-])c1)C1CCN(c2cc(-c3ccccc3)ncn2)CC1. The number of hydrogen-bond donors (Lipinski definition) is 1. The van der Waals surface area contributed by atoms with E-state index in [2.05, 4.69) is 20.2 Å². The average Bonchev–Trinajstić information content (AvgIpc) is 2.81. The lowest BCUT2D eigenvalue weighted by molar-refractivity contribution is -0.384. The van der Waals surface area contributed by atoms with Gasteiger partial charge in [-0.1, -0.05) is 41.9 Å². The van der Waals surface area contributed by atoms with Crippen LogP contribution in [0.4, 0.5) is 17.2 Å². The highest BCUT2D eigenvalue weighted by molar-refractivity contribution is 6.32. The minimum absolute atomic E-state index is 0.0380. The van der Waals surface area contributed by atoms with Crippen molar-refractivity contribution in [2.45, 2.75) is 12.8 Å². The van der Waals surface area contributed by atoms with Gasteiger partial charge in [0, 0.05) is 42.4 Å². The molecule has 31 heavy (non-hydrogen) atoms. The topological polar surface area (TPSA) is 101 Å². The number of benzene rings is 2. The van der Waals surface area contributed by atoms with Crippen LogP contribution in [0, 0.1) is 16.0 Å². The summed E-state index contributed by atoms with van der Waals surface area (Å²) in [6, 6.07) is 16.1. The maximum atomic E-state index is 12.7. The van der Waals surface area contributed by atoms with Crippen LogP contribution in [0.5, 0.6) is 0 Å². The first-order chi connectivity index (χ1) is 15.0. The fraction of sp³-hybridized carbons (Fsp3) is 0.227. The fourth-order valence-corrected chi connectivity index (χ4v) is 3.82. The van der Waals surface area contributed by atoms with Crippen molar-refractivity contribution in [3.8, 4) is 11.3 Å². The molecule has 1 aliphatic rings. The molecule has 2 aromatic carbocycles. The maximum absolute atomic E-state index is 12.7. The molecular formula is C22H20ClN5O3. The van der Waals surface area contributed by atoms with Gasteiger partial charge in [0.25, 0.3) is 5.69 Å². The van der Waals surface area contributed by atoms with Crippen LogP contribution < -0.4 is 10.2 Å². The van der Waals surface area contributed by atoms with Crippen LogP contribution in [0.3, 0.4) is 0 Å². The summed E-state index contributed by atoms with van der Waals surface area (Å²) < 4.78 is 0. The van der Waals surface area contributed by atoms with Gasteiger partial charge < -0.3 is 10.2 Å². The molecule has 1 N–H and O–H groups in total. The highest BCUT2D eigenvalue weighted by Gasteiger charge is 2.26. The van der Waals surface area contributed by atoms with Crippen LogP contribution in [0.1, 0.15) is 12.8 Å². The molecule has 1 aromatic heterocycles. The van der Waals surface area contributed by atoms with Gasteiger partial charge in [0.05, 0.1) is 10.6 Å². The Hall–Kier alpha value is -3.52. The molecule has 0 bridgehead atoms. The van der Waals surface area contributed by atoms with Crippen molar-refractivity contribution < 1.29 is 9.72 Å². The molecule has 0 radical (unpaired) electrons. The molecule has 8 nitrogen and oxygen atoms in total. The second kappa shape index (κ2) is 9.09. The average molecular weight is 438 g/mol. The molecule has 1 fully saturated rings. The van der Waals surface area contributed by atoms with Crippen molar-refractivity contribution in [1.82, 2.24) is 9.97 Å². The third-order valence-corrected chi connectivity index (χ3v) is 5.64. The molecule has 0 saturated carbocycles. The van der Waals surface area contributed by atoms with Gasteiger partial charge in [-0.3, -0.25) is 14.9 Å². The summed E-state index contributed by atoms with van der Waals surface area (Å²) in [7, 11) is 0. The molecule has 0 aliphatic carbocycles. The van der Waals surface area contributed by atoms with E-state index in [4.69, 9.17) is 11.6 Å². The van der Waals surface area contributed by atoms with E-state index in [0.717, 1.165) is 17.1 Å². The molecule has 3 aromatic rings. The Morgan fingerprint density at radius 3 is 2.55 bits per heavy atom. The third kappa shape index (κ3) is 4.80. The summed E-state index contributed by atoms with van der Waals surface area (Å²) in [6.45, 7) is 1.37. The van der Waals surface area contributed by atoms with Crippen molar-refractivity contribution in [2.24, 2.45) is 5.92 Å². The first-order valence-corrected chi connectivity index (χ1v) is 10.3.